The maximum Gasteiger partial charge on any atom is 0.269 e. The minimum atomic E-state index is -0.440. The first-order valence-corrected chi connectivity index (χ1v) is 11.1. The maximum absolute atomic E-state index is 13.0. The molecule has 1 aliphatic rings. The van der Waals surface area contributed by atoms with Crippen molar-refractivity contribution in [2.24, 2.45) is 0 Å². The van der Waals surface area contributed by atoms with Crippen LogP contribution in [0.25, 0.3) is 11.6 Å². The van der Waals surface area contributed by atoms with Gasteiger partial charge in [-0.3, -0.25) is 14.9 Å². The number of likely N-dealkylation sites (N-methyl/N-ethyl adjacent to an activating group) is 1. The van der Waals surface area contributed by atoms with E-state index in [1.54, 1.807) is 23.1 Å². The number of nitrogens with zero attached hydrogens (tertiary/aromatic N) is 2. The molecule has 1 aliphatic heterocycles. The Balaban J connectivity index is 1.64. The monoisotopic (exact) mass is 508 g/mol. The summed E-state index contributed by atoms with van der Waals surface area (Å²) in [5.41, 5.74) is 3.86. The molecule has 0 unspecified atom stereocenters. The molecule has 0 fully saturated rings. The average Bonchev–Trinajstić information content (AvgIpc) is 3.08. The van der Waals surface area contributed by atoms with E-state index in [2.05, 4.69) is 15.9 Å². The second-order valence-corrected chi connectivity index (χ2v) is 8.23. The Morgan fingerprint density at radius 1 is 1.12 bits per heavy atom. The van der Waals surface area contributed by atoms with Gasteiger partial charge in [0.25, 0.3) is 11.6 Å². The Morgan fingerprint density at radius 2 is 1.91 bits per heavy atom. The zero-order valence-electron chi connectivity index (χ0n) is 18.1. The van der Waals surface area contributed by atoms with Crippen LogP contribution in [0.5, 0.6) is 11.5 Å². The van der Waals surface area contributed by atoms with Gasteiger partial charge in [0.15, 0.2) is 11.5 Å². The first-order chi connectivity index (χ1) is 15.9. The lowest BCUT2D eigenvalue weighted by atomic mass is 10.0. The highest BCUT2D eigenvalue weighted by molar-refractivity contribution is 9.10. The standard InChI is InChI=1S/C25H21BrN2O5/c1-3-27-22-10-5-4-9-19(22)20(25(27)29)12-17-13-21(26)24(23(14-17)32-2)33-15-16-7-6-8-18(11-16)28(30)31/h4-14H,3,15H2,1-2H3/b20-12-. The third-order valence-corrected chi connectivity index (χ3v) is 5.93. The molecule has 0 saturated carbocycles. The number of rotatable bonds is 7. The van der Waals surface area contributed by atoms with E-state index in [4.69, 9.17) is 9.47 Å². The number of carbonyl (C=O) groups excluding carboxylic acids is 1. The molecule has 0 aliphatic carbocycles. The molecule has 8 heteroatoms. The van der Waals surface area contributed by atoms with E-state index in [9.17, 15) is 14.9 Å². The van der Waals surface area contributed by atoms with Crippen LogP contribution in [0.3, 0.4) is 0 Å². The molecule has 0 saturated heterocycles. The van der Waals surface area contributed by atoms with Crippen LogP contribution in [0.4, 0.5) is 11.4 Å². The van der Waals surface area contributed by atoms with Crippen molar-refractivity contribution in [1.29, 1.82) is 0 Å². The van der Waals surface area contributed by atoms with Crippen LogP contribution in [0.2, 0.25) is 0 Å². The Labute approximate surface area is 199 Å². The van der Waals surface area contributed by atoms with Crippen molar-refractivity contribution in [3.05, 3.63) is 91.9 Å². The second kappa shape index (κ2) is 9.46. The van der Waals surface area contributed by atoms with Gasteiger partial charge in [-0.1, -0.05) is 30.3 Å². The molecule has 33 heavy (non-hydrogen) atoms. The quantitative estimate of drug-likeness (QED) is 0.227. The van der Waals surface area contributed by atoms with Crippen molar-refractivity contribution in [3.63, 3.8) is 0 Å². The largest absolute Gasteiger partial charge is 0.493 e. The van der Waals surface area contributed by atoms with E-state index in [0.717, 1.165) is 16.8 Å². The number of non-ortho nitro benzene ring substituents is 1. The molecule has 0 N–H and O–H groups in total. The third-order valence-electron chi connectivity index (χ3n) is 5.34. The van der Waals surface area contributed by atoms with Gasteiger partial charge < -0.3 is 14.4 Å². The summed E-state index contributed by atoms with van der Waals surface area (Å²) in [6, 6.07) is 17.7. The summed E-state index contributed by atoms with van der Waals surface area (Å²) < 4.78 is 12.1. The molecule has 1 heterocycles. The second-order valence-electron chi connectivity index (χ2n) is 7.37. The van der Waals surface area contributed by atoms with Crippen molar-refractivity contribution in [1.82, 2.24) is 0 Å². The van der Waals surface area contributed by atoms with Gasteiger partial charge >= 0.3 is 0 Å². The number of ether oxygens (including phenoxy) is 2. The fourth-order valence-corrected chi connectivity index (χ4v) is 4.38. The topological polar surface area (TPSA) is 81.9 Å². The molecule has 0 spiro atoms. The first-order valence-electron chi connectivity index (χ1n) is 10.3. The lowest BCUT2D eigenvalue weighted by Crippen LogP contribution is -2.25. The van der Waals surface area contributed by atoms with Crippen molar-refractivity contribution >= 4 is 44.9 Å². The van der Waals surface area contributed by atoms with Crippen LogP contribution in [0.15, 0.2) is 65.1 Å². The summed E-state index contributed by atoms with van der Waals surface area (Å²) in [7, 11) is 1.54. The first kappa shape index (κ1) is 22.5. The SMILES string of the molecule is CCN1C(=O)/C(=C\c2cc(Br)c(OCc3cccc([N+](=O)[O-])c3)c(OC)c2)c2ccccc21. The Kier molecular flexibility index (Phi) is 6.46. The molecule has 3 aromatic rings. The number of methoxy groups -OCH3 is 1. The third kappa shape index (κ3) is 4.47. The number of hydrogen-bond donors (Lipinski definition) is 0. The van der Waals surface area contributed by atoms with Crippen molar-refractivity contribution in [3.8, 4) is 11.5 Å². The number of halogens is 1. The van der Waals surface area contributed by atoms with Crippen molar-refractivity contribution in [2.45, 2.75) is 13.5 Å². The van der Waals surface area contributed by atoms with Gasteiger partial charge in [0.05, 0.1) is 22.2 Å². The zero-order valence-corrected chi connectivity index (χ0v) is 19.7. The Morgan fingerprint density at radius 3 is 2.64 bits per heavy atom. The number of anilines is 1. The molecule has 0 aromatic heterocycles. The molecule has 0 radical (unpaired) electrons. The summed E-state index contributed by atoms with van der Waals surface area (Å²) >= 11 is 3.53. The molecule has 4 rings (SSSR count). The number of amides is 1. The van der Waals surface area contributed by atoms with Crippen LogP contribution in [-0.2, 0) is 11.4 Å². The lowest BCUT2D eigenvalue weighted by molar-refractivity contribution is -0.384. The maximum atomic E-state index is 13.0. The molecule has 168 valence electrons. The summed E-state index contributed by atoms with van der Waals surface area (Å²) in [6.07, 6.45) is 1.84. The highest BCUT2D eigenvalue weighted by Gasteiger charge is 2.30. The van der Waals surface area contributed by atoms with Gasteiger partial charge in [0.1, 0.15) is 6.61 Å². The Hall–Kier alpha value is -3.65. The van der Waals surface area contributed by atoms with E-state index in [0.29, 0.717) is 33.7 Å². The number of benzene rings is 3. The number of nitro groups is 1. The average molecular weight is 509 g/mol. The molecule has 0 atom stereocenters. The fourth-order valence-electron chi connectivity index (χ4n) is 3.81. The zero-order chi connectivity index (χ0) is 23.5. The van der Waals surface area contributed by atoms with E-state index < -0.39 is 4.92 Å². The van der Waals surface area contributed by atoms with E-state index in [1.807, 2.05) is 43.3 Å². The minimum Gasteiger partial charge on any atom is -0.493 e. The minimum absolute atomic E-state index is 0.00624. The van der Waals surface area contributed by atoms with Gasteiger partial charge in [0.2, 0.25) is 0 Å². The van der Waals surface area contributed by atoms with E-state index >= 15 is 0 Å². The van der Waals surface area contributed by atoms with Gasteiger partial charge in [0, 0.05) is 29.8 Å². The molecular formula is C25H21BrN2O5. The van der Waals surface area contributed by atoms with Crippen LogP contribution in [0.1, 0.15) is 23.6 Å². The molecule has 3 aromatic carbocycles. The number of nitro benzene ring substituents is 1. The molecule has 7 nitrogen and oxygen atoms in total. The van der Waals surface area contributed by atoms with Crippen LogP contribution in [-0.4, -0.2) is 24.5 Å². The van der Waals surface area contributed by atoms with Crippen LogP contribution in [0, 0.1) is 10.1 Å². The van der Waals surface area contributed by atoms with Crippen LogP contribution >= 0.6 is 15.9 Å². The van der Waals surface area contributed by atoms with Gasteiger partial charge in [-0.25, -0.2) is 0 Å². The summed E-state index contributed by atoms with van der Waals surface area (Å²) in [6.45, 7) is 2.67. The summed E-state index contributed by atoms with van der Waals surface area (Å²) in [5, 5.41) is 11.0. The number of para-hydroxylation sites is 1. The molecule has 0 bridgehead atoms. The summed E-state index contributed by atoms with van der Waals surface area (Å²) in [4.78, 5) is 25.3. The number of hydrogen-bond acceptors (Lipinski definition) is 5. The predicted octanol–water partition coefficient (Wildman–Crippen LogP) is 5.85. The van der Waals surface area contributed by atoms with E-state index in [-0.39, 0.29) is 18.2 Å². The predicted molar refractivity (Wildman–Crippen MR) is 130 cm³/mol. The summed E-state index contributed by atoms with van der Waals surface area (Å²) in [5.74, 6) is 0.909. The van der Waals surface area contributed by atoms with Crippen molar-refractivity contribution in [2.75, 3.05) is 18.6 Å². The number of fused-ring (bicyclic) bond motifs is 1. The normalized spacial score (nSPS) is 13.8. The number of carbonyl (C=O) groups is 1. The lowest BCUT2D eigenvalue weighted by Gasteiger charge is -2.14. The van der Waals surface area contributed by atoms with Crippen molar-refractivity contribution < 1.29 is 19.2 Å². The van der Waals surface area contributed by atoms with Gasteiger partial charge in [-0.2, -0.15) is 0 Å². The fraction of sp³-hybridized carbons (Fsp3) is 0.160. The highest BCUT2D eigenvalue weighted by Crippen LogP contribution is 2.41. The van der Waals surface area contributed by atoms with Crippen LogP contribution < -0.4 is 14.4 Å². The van der Waals surface area contributed by atoms with E-state index in [1.165, 1.54) is 19.2 Å². The highest BCUT2D eigenvalue weighted by atomic mass is 79.9. The molecular weight excluding hydrogens is 488 g/mol. The molecule has 1 amide bonds. The van der Waals surface area contributed by atoms with Gasteiger partial charge in [-0.15, -0.1) is 0 Å². The Bertz CT molecular complexity index is 1270. The smallest absolute Gasteiger partial charge is 0.269 e. The van der Waals surface area contributed by atoms with Gasteiger partial charge in [-0.05, 0) is 58.3 Å².